The van der Waals surface area contributed by atoms with Crippen LogP contribution in [0.5, 0.6) is 0 Å². The normalized spacial score (nSPS) is 20.3. The van der Waals surface area contributed by atoms with Crippen LogP contribution in [0.25, 0.3) is 0 Å². The molecule has 2 aromatic rings. The fourth-order valence-electron chi connectivity index (χ4n) is 5.21. The molecule has 4 amide bonds. The zero-order valence-electron chi connectivity index (χ0n) is 21.9. The smallest absolute Gasteiger partial charge is 0.334 e. The summed E-state index contributed by atoms with van der Waals surface area (Å²) >= 11 is 0. The predicted molar refractivity (Wildman–Crippen MR) is 144 cm³/mol. The zero-order valence-corrected chi connectivity index (χ0v) is 21.9. The summed E-state index contributed by atoms with van der Waals surface area (Å²) in [5, 5.41) is 15.2. The minimum absolute atomic E-state index is 0.0169. The van der Waals surface area contributed by atoms with Gasteiger partial charge in [-0.25, -0.2) is 9.80 Å². The maximum Gasteiger partial charge on any atom is 0.334 e. The van der Waals surface area contributed by atoms with Crippen LogP contribution in [0.2, 0.25) is 0 Å². The van der Waals surface area contributed by atoms with Crippen LogP contribution < -0.4 is 5.32 Å². The Balaban J connectivity index is 1.64. The summed E-state index contributed by atoms with van der Waals surface area (Å²) < 4.78 is 0. The number of hydrogen-bond acceptors (Lipinski definition) is 5. The van der Waals surface area contributed by atoms with Gasteiger partial charge in [-0.2, -0.15) is 5.01 Å². The Hall–Kier alpha value is -4.36. The van der Waals surface area contributed by atoms with Crippen molar-refractivity contribution in [1.82, 2.24) is 25.1 Å². The molecule has 10 heteroatoms. The van der Waals surface area contributed by atoms with E-state index in [9.17, 15) is 24.3 Å². The van der Waals surface area contributed by atoms with Crippen LogP contribution >= 0.6 is 0 Å². The van der Waals surface area contributed by atoms with Gasteiger partial charge in [0.25, 0.3) is 0 Å². The minimum atomic E-state index is -1.06. The molecular formula is C29H33N5O5. The van der Waals surface area contributed by atoms with E-state index in [0.717, 1.165) is 11.1 Å². The van der Waals surface area contributed by atoms with Crippen molar-refractivity contribution in [3.05, 3.63) is 71.8 Å². The minimum Gasteiger partial charge on any atom is -0.481 e. The molecule has 0 aromatic heterocycles. The molecule has 3 atom stereocenters. The van der Waals surface area contributed by atoms with Gasteiger partial charge in [0.05, 0.1) is 19.6 Å². The van der Waals surface area contributed by atoms with Crippen LogP contribution in [-0.2, 0) is 20.9 Å². The van der Waals surface area contributed by atoms with Crippen molar-refractivity contribution in [2.45, 2.75) is 44.4 Å². The number of hydrogen-bond donors (Lipinski definition) is 2. The molecule has 2 heterocycles. The number of carboxylic acids is 1. The summed E-state index contributed by atoms with van der Waals surface area (Å²) in [4.78, 5) is 55.1. The summed E-state index contributed by atoms with van der Waals surface area (Å²) in [6.07, 6.45) is 4.40. The molecule has 0 spiro atoms. The Morgan fingerprint density at radius 3 is 2.41 bits per heavy atom. The molecule has 0 radical (unpaired) electrons. The molecule has 2 aromatic carbocycles. The number of carbonyl (C=O) groups is 4. The van der Waals surface area contributed by atoms with Crippen LogP contribution in [0.4, 0.5) is 4.79 Å². The molecule has 4 rings (SSSR count). The standard InChI is InChI=1S/C29H33N5O5/c1-3-16-32-20-26(35)33-24(14-15-27(36)37)28(38)31(18-21(2)23-12-8-5-9-13-23)19-25(33)34(32)29(39)30-17-22-10-6-4-7-11-22/h1,4-13,21,24-25H,14-20H2,2H3,(H,30,39)(H,36,37)/t21?,24-,25-/m0/s1. The maximum absolute atomic E-state index is 13.7. The predicted octanol–water partition coefficient (Wildman–Crippen LogP) is 2.10. The second kappa shape index (κ2) is 12.5. The van der Waals surface area contributed by atoms with E-state index in [0.29, 0.717) is 6.54 Å². The lowest BCUT2D eigenvalue weighted by Crippen LogP contribution is -2.76. The van der Waals surface area contributed by atoms with E-state index in [1.165, 1.54) is 14.9 Å². The third kappa shape index (κ3) is 6.38. The van der Waals surface area contributed by atoms with Crippen LogP contribution in [0.1, 0.15) is 36.8 Å². The quantitative estimate of drug-likeness (QED) is 0.479. The van der Waals surface area contributed by atoms with Crippen molar-refractivity contribution in [1.29, 1.82) is 0 Å². The molecule has 0 aliphatic carbocycles. The second-order valence-electron chi connectivity index (χ2n) is 9.80. The number of fused-ring (bicyclic) bond motifs is 1. The van der Waals surface area contributed by atoms with Gasteiger partial charge in [0.15, 0.2) is 0 Å². The monoisotopic (exact) mass is 531 g/mol. The largest absolute Gasteiger partial charge is 0.481 e. The molecule has 0 saturated carbocycles. The highest BCUT2D eigenvalue weighted by Gasteiger charge is 2.51. The van der Waals surface area contributed by atoms with Gasteiger partial charge >= 0.3 is 12.0 Å². The summed E-state index contributed by atoms with van der Waals surface area (Å²) in [7, 11) is 0. The van der Waals surface area contributed by atoms with Gasteiger partial charge in [-0.3, -0.25) is 14.4 Å². The highest BCUT2D eigenvalue weighted by molar-refractivity contribution is 5.91. The molecule has 2 fully saturated rings. The number of urea groups is 1. The number of carboxylic acid groups (broad SMARTS) is 1. The zero-order chi connectivity index (χ0) is 27.9. The molecule has 2 N–H and O–H groups in total. The third-order valence-corrected chi connectivity index (χ3v) is 7.09. The molecule has 204 valence electrons. The molecule has 2 aliphatic rings. The van der Waals surface area contributed by atoms with Gasteiger partial charge in [0, 0.05) is 19.5 Å². The highest BCUT2D eigenvalue weighted by atomic mass is 16.4. The van der Waals surface area contributed by atoms with Gasteiger partial charge in [0.2, 0.25) is 11.8 Å². The van der Waals surface area contributed by atoms with Crippen molar-refractivity contribution in [2.75, 3.05) is 26.2 Å². The van der Waals surface area contributed by atoms with E-state index < -0.39 is 24.2 Å². The number of piperazine rings is 1. The first-order valence-electron chi connectivity index (χ1n) is 13.0. The lowest BCUT2D eigenvalue weighted by Gasteiger charge is -2.55. The third-order valence-electron chi connectivity index (χ3n) is 7.09. The first-order valence-corrected chi connectivity index (χ1v) is 13.0. The van der Waals surface area contributed by atoms with Crippen LogP contribution in [0.15, 0.2) is 60.7 Å². The van der Waals surface area contributed by atoms with E-state index in [-0.39, 0.29) is 56.8 Å². The van der Waals surface area contributed by atoms with Crippen molar-refractivity contribution in [3.8, 4) is 12.3 Å². The van der Waals surface area contributed by atoms with E-state index in [1.807, 2.05) is 67.6 Å². The fourth-order valence-corrected chi connectivity index (χ4v) is 5.21. The Morgan fingerprint density at radius 1 is 1.10 bits per heavy atom. The molecule has 2 aliphatic heterocycles. The molecule has 39 heavy (non-hydrogen) atoms. The summed E-state index contributed by atoms with van der Waals surface area (Å²) in [6.45, 7) is 2.50. The van der Waals surface area contributed by atoms with E-state index in [1.54, 1.807) is 4.90 Å². The first kappa shape index (κ1) is 27.7. The number of aliphatic carboxylic acids is 1. The lowest BCUT2D eigenvalue weighted by atomic mass is 9.97. The van der Waals surface area contributed by atoms with Crippen molar-refractivity contribution >= 4 is 23.8 Å². The van der Waals surface area contributed by atoms with Crippen LogP contribution in [-0.4, -0.2) is 87.1 Å². The second-order valence-corrected chi connectivity index (χ2v) is 9.80. The van der Waals surface area contributed by atoms with E-state index >= 15 is 0 Å². The van der Waals surface area contributed by atoms with Gasteiger partial charge in [-0.15, -0.1) is 6.42 Å². The van der Waals surface area contributed by atoms with Gasteiger partial charge in [0.1, 0.15) is 12.2 Å². The van der Waals surface area contributed by atoms with Gasteiger partial charge in [-0.1, -0.05) is 73.5 Å². The first-order chi connectivity index (χ1) is 18.8. The van der Waals surface area contributed by atoms with Crippen LogP contribution in [0.3, 0.4) is 0 Å². The number of carbonyl (C=O) groups excluding carboxylic acids is 3. The van der Waals surface area contributed by atoms with Gasteiger partial charge < -0.3 is 20.2 Å². The topological polar surface area (TPSA) is 114 Å². The number of nitrogens with zero attached hydrogens (tertiary/aromatic N) is 4. The summed E-state index contributed by atoms with van der Waals surface area (Å²) in [5.41, 5.74) is 1.94. The number of rotatable bonds is 9. The molecule has 0 bridgehead atoms. The lowest BCUT2D eigenvalue weighted by molar-refractivity contribution is -0.189. The number of benzene rings is 2. The van der Waals surface area contributed by atoms with Crippen molar-refractivity contribution in [2.24, 2.45) is 0 Å². The summed E-state index contributed by atoms with van der Waals surface area (Å²) in [5.74, 6) is 0.729. The molecule has 2 saturated heterocycles. The molecule has 1 unspecified atom stereocenters. The number of amides is 4. The molecular weight excluding hydrogens is 498 g/mol. The van der Waals surface area contributed by atoms with Crippen LogP contribution in [0, 0.1) is 12.3 Å². The van der Waals surface area contributed by atoms with Gasteiger partial charge in [-0.05, 0) is 23.5 Å². The Morgan fingerprint density at radius 2 is 1.77 bits per heavy atom. The maximum atomic E-state index is 13.7. The highest BCUT2D eigenvalue weighted by Crippen LogP contribution is 2.30. The number of hydrazine groups is 1. The SMILES string of the molecule is C#CCN1CC(=O)N2[C@@H](CCC(=O)O)C(=O)N(CC(C)c3ccccc3)C[C@@H]2N1C(=O)NCc1ccccc1. The van der Waals surface area contributed by atoms with Crippen molar-refractivity contribution in [3.63, 3.8) is 0 Å². The number of terminal acetylenes is 1. The average Bonchev–Trinajstić information content (AvgIpc) is 2.93. The Kier molecular flexibility index (Phi) is 8.84. The van der Waals surface area contributed by atoms with Crippen molar-refractivity contribution < 1.29 is 24.3 Å². The fraction of sp³-hybridized carbons (Fsp3) is 0.379. The Labute approximate surface area is 228 Å². The Bertz CT molecular complexity index is 1230. The summed E-state index contributed by atoms with van der Waals surface area (Å²) in [6, 6.07) is 17.7. The van der Waals surface area contributed by atoms with E-state index in [4.69, 9.17) is 6.42 Å². The average molecular weight is 532 g/mol. The number of nitrogens with one attached hydrogen (secondary N) is 1. The molecule has 10 nitrogen and oxygen atoms in total. The van der Waals surface area contributed by atoms with E-state index in [2.05, 4.69) is 11.2 Å².